The van der Waals surface area contributed by atoms with Gasteiger partial charge in [-0.2, -0.15) is 0 Å². The number of hydrogen-bond donors (Lipinski definition) is 2. The van der Waals surface area contributed by atoms with Crippen LogP contribution in [-0.2, 0) is 10.0 Å². The average Bonchev–Trinajstić information content (AvgIpc) is 2.47. The molecule has 2 aromatic rings. The molecule has 0 fully saturated rings. The molecule has 1 amide bonds. The van der Waals surface area contributed by atoms with E-state index >= 15 is 0 Å². The number of sulfonamides is 1. The molecule has 0 bridgehead atoms. The first-order valence-corrected chi connectivity index (χ1v) is 8.53. The second-order valence-electron chi connectivity index (χ2n) is 4.90. The highest BCUT2D eigenvalue weighted by atomic mass is 32.2. The van der Waals surface area contributed by atoms with Gasteiger partial charge in [0.1, 0.15) is 0 Å². The van der Waals surface area contributed by atoms with Crippen molar-refractivity contribution in [2.45, 2.75) is 13.0 Å². The Kier molecular flexibility index (Phi) is 4.77. The Morgan fingerprint density at radius 2 is 1.91 bits per heavy atom. The van der Waals surface area contributed by atoms with Crippen molar-refractivity contribution in [3.05, 3.63) is 59.9 Å². The Labute approximate surface area is 129 Å². The molecule has 0 aliphatic carbocycles. The first-order valence-electron chi connectivity index (χ1n) is 6.64. The molecule has 1 aromatic heterocycles. The number of benzene rings is 1. The molecule has 1 heterocycles. The summed E-state index contributed by atoms with van der Waals surface area (Å²) >= 11 is 0. The highest BCUT2D eigenvalue weighted by Gasteiger charge is 2.16. The lowest BCUT2D eigenvalue weighted by Gasteiger charge is -2.16. The van der Waals surface area contributed by atoms with Crippen LogP contribution in [0.2, 0.25) is 0 Å². The van der Waals surface area contributed by atoms with Crippen molar-refractivity contribution >= 4 is 21.6 Å². The third-order valence-electron chi connectivity index (χ3n) is 3.00. The molecule has 0 saturated carbocycles. The van der Waals surface area contributed by atoms with Gasteiger partial charge in [0.05, 0.1) is 23.5 Å². The maximum atomic E-state index is 12.4. The quantitative estimate of drug-likeness (QED) is 0.881. The Balaban J connectivity index is 2.20. The molecule has 1 unspecified atom stereocenters. The zero-order chi connectivity index (χ0) is 16.2. The lowest BCUT2D eigenvalue weighted by Crippen LogP contribution is -2.28. The van der Waals surface area contributed by atoms with Crippen LogP contribution in [0.3, 0.4) is 0 Å². The third kappa shape index (κ3) is 4.29. The van der Waals surface area contributed by atoms with E-state index in [0.29, 0.717) is 0 Å². The topological polar surface area (TPSA) is 88.2 Å². The maximum Gasteiger partial charge on any atom is 0.253 e. The van der Waals surface area contributed by atoms with E-state index in [-0.39, 0.29) is 23.2 Å². The molecule has 7 heteroatoms. The molecule has 2 N–H and O–H groups in total. The van der Waals surface area contributed by atoms with Crippen LogP contribution in [0.5, 0.6) is 0 Å². The minimum absolute atomic E-state index is 0.243. The second-order valence-corrected chi connectivity index (χ2v) is 6.65. The van der Waals surface area contributed by atoms with Crippen LogP contribution >= 0.6 is 0 Å². The summed E-state index contributed by atoms with van der Waals surface area (Å²) in [5.41, 5.74) is 1.38. The van der Waals surface area contributed by atoms with E-state index < -0.39 is 10.0 Å². The number of carbonyl (C=O) groups is 1. The fourth-order valence-corrected chi connectivity index (χ4v) is 2.54. The number of amides is 1. The van der Waals surface area contributed by atoms with Crippen LogP contribution in [0, 0.1) is 0 Å². The zero-order valence-corrected chi connectivity index (χ0v) is 13.1. The van der Waals surface area contributed by atoms with E-state index in [1.807, 2.05) is 13.0 Å². The highest BCUT2D eigenvalue weighted by Crippen LogP contribution is 2.18. The molecule has 1 atom stereocenters. The second kappa shape index (κ2) is 6.57. The molecule has 0 aliphatic rings. The van der Waals surface area contributed by atoms with Crippen LogP contribution in [0.25, 0.3) is 0 Å². The van der Waals surface area contributed by atoms with Gasteiger partial charge >= 0.3 is 0 Å². The minimum Gasteiger partial charge on any atom is -0.345 e. The number of para-hydroxylation sites is 1. The maximum absolute atomic E-state index is 12.4. The van der Waals surface area contributed by atoms with Gasteiger partial charge in [-0.05, 0) is 30.7 Å². The Morgan fingerprint density at radius 1 is 1.18 bits per heavy atom. The average molecular weight is 319 g/mol. The molecular formula is C15H17N3O3S. The van der Waals surface area contributed by atoms with Gasteiger partial charge in [-0.3, -0.25) is 14.5 Å². The standard InChI is InChI=1S/C15H17N3O3S/c1-11(12-6-5-9-16-10-12)17-15(19)13-7-3-4-8-14(13)18-22(2,20)21/h3-11,18H,1-2H3,(H,17,19). The van der Waals surface area contributed by atoms with E-state index in [0.717, 1.165) is 11.8 Å². The number of pyridine rings is 1. The summed E-state index contributed by atoms with van der Waals surface area (Å²) in [6.45, 7) is 1.83. The predicted molar refractivity (Wildman–Crippen MR) is 85.0 cm³/mol. The summed E-state index contributed by atoms with van der Waals surface area (Å²) in [5, 5.41) is 2.82. The first kappa shape index (κ1) is 16.0. The van der Waals surface area contributed by atoms with Crippen molar-refractivity contribution in [1.82, 2.24) is 10.3 Å². The lowest BCUT2D eigenvalue weighted by atomic mass is 10.1. The molecule has 0 aliphatic heterocycles. The Morgan fingerprint density at radius 3 is 2.55 bits per heavy atom. The van der Waals surface area contributed by atoms with Gasteiger partial charge in [0.15, 0.2) is 0 Å². The molecule has 0 spiro atoms. The summed E-state index contributed by atoms with van der Waals surface area (Å²) in [6, 6.07) is 9.86. The zero-order valence-electron chi connectivity index (χ0n) is 12.3. The highest BCUT2D eigenvalue weighted by molar-refractivity contribution is 7.92. The van der Waals surface area contributed by atoms with Crippen molar-refractivity contribution in [2.75, 3.05) is 11.0 Å². The van der Waals surface area contributed by atoms with Crippen LogP contribution < -0.4 is 10.0 Å². The summed E-state index contributed by atoms with van der Waals surface area (Å²) in [6.07, 6.45) is 4.37. The SMILES string of the molecule is CC(NC(=O)c1ccccc1NS(C)(=O)=O)c1cccnc1. The lowest BCUT2D eigenvalue weighted by molar-refractivity contribution is 0.0940. The fraction of sp³-hybridized carbons (Fsp3) is 0.200. The van der Waals surface area contributed by atoms with Crippen molar-refractivity contribution < 1.29 is 13.2 Å². The van der Waals surface area contributed by atoms with Gasteiger partial charge < -0.3 is 5.32 Å². The van der Waals surface area contributed by atoms with Gasteiger partial charge in [-0.15, -0.1) is 0 Å². The van der Waals surface area contributed by atoms with E-state index in [1.165, 1.54) is 0 Å². The Hall–Kier alpha value is -2.41. The number of nitrogens with one attached hydrogen (secondary N) is 2. The summed E-state index contributed by atoms with van der Waals surface area (Å²) in [7, 11) is -3.45. The van der Waals surface area contributed by atoms with E-state index in [1.54, 1.807) is 42.7 Å². The van der Waals surface area contributed by atoms with Crippen molar-refractivity contribution in [3.8, 4) is 0 Å². The van der Waals surface area contributed by atoms with Crippen LogP contribution in [-0.4, -0.2) is 25.6 Å². The Bertz CT molecular complexity index is 761. The number of hydrogen-bond acceptors (Lipinski definition) is 4. The van der Waals surface area contributed by atoms with Gasteiger partial charge in [0, 0.05) is 12.4 Å². The number of rotatable bonds is 5. The summed E-state index contributed by atoms with van der Waals surface area (Å²) in [4.78, 5) is 16.4. The fourth-order valence-electron chi connectivity index (χ4n) is 1.96. The van der Waals surface area contributed by atoms with Crippen LogP contribution in [0.4, 0.5) is 5.69 Å². The monoisotopic (exact) mass is 319 g/mol. The van der Waals surface area contributed by atoms with E-state index in [4.69, 9.17) is 0 Å². The minimum atomic E-state index is -3.45. The van der Waals surface area contributed by atoms with Crippen LogP contribution in [0.1, 0.15) is 28.9 Å². The van der Waals surface area contributed by atoms with Crippen LogP contribution in [0.15, 0.2) is 48.8 Å². The third-order valence-corrected chi connectivity index (χ3v) is 3.59. The molecular weight excluding hydrogens is 302 g/mol. The van der Waals surface area contributed by atoms with Crippen molar-refractivity contribution in [3.63, 3.8) is 0 Å². The van der Waals surface area contributed by atoms with E-state index in [2.05, 4.69) is 15.0 Å². The number of carbonyl (C=O) groups excluding carboxylic acids is 1. The predicted octanol–water partition coefficient (Wildman–Crippen LogP) is 1.94. The molecule has 1 aromatic carbocycles. The smallest absolute Gasteiger partial charge is 0.253 e. The van der Waals surface area contributed by atoms with E-state index in [9.17, 15) is 13.2 Å². The largest absolute Gasteiger partial charge is 0.345 e. The van der Waals surface area contributed by atoms with Gasteiger partial charge in [-0.1, -0.05) is 18.2 Å². The molecule has 0 saturated heterocycles. The van der Waals surface area contributed by atoms with Crippen molar-refractivity contribution in [2.24, 2.45) is 0 Å². The molecule has 2 rings (SSSR count). The molecule has 0 radical (unpaired) electrons. The number of anilines is 1. The van der Waals surface area contributed by atoms with Gasteiger partial charge in [0.25, 0.3) is 5.91 Å². The van der Waals surface area contributed by atoms with Crippen molar-refractivity contribution in [1.29, 1.82) is 0 Å². The summed E-state index contributed by atoms with van der Waals surface area (Å²) in [5.74, 6) is -0.358. The number of aromatic nitrogens is 1. The molecule has 6 nitrogen and oxygen atoms in total. The normalized spacial score (nSPS) is 12.5. The molecule has 22 heavy (non-hydrogen) atoms. The first-order chi connectivity index (χ1) is 10.4. The number of nitrogens with zero attached hydrogens (tertiary/aromatic N) is 1. The molecule has 116 valence electrons. The summed E-state index contributed by atoms with van der Waals surface area (Å²) < 4.78 is 25.1. The van der Waals surface area contributed by atoms with Gasteiger partial charge in [0.2, 0.25) is 10.0 Å². The van der Waals surface area contributed by atoms with Gasteiger partial charge in [-0.25, -0.2) is 8.42 Å².